The first-order valence-electron chi connectivity index (χ1n) is 37.2. The van der Waals surface area contributed by atoms with Gasteiger partial charge >= 0.3 is 0 Å². The molecule has 0 amide bonds. The molecule has 0 saturated carbocycles. The maximum Gasteiger partial charge on any atom is 0.0731 e. The van der Waals surface area contributed by atoms with Crippen molar-refractivity contribution >= 4 is 54.1 Å². The van der Waals surface area contributed by atoms with E-state index < -0.39 is 356 Å². The predicted octanol–water partition coefficient (Wildman–Crippen LogP) is 15.9. The van der Waals surface area contributed by atoms with E-state index in [1.54, 1.807) is 0 Å². The second-order valence-corrected chi connectivity index (χ2v) is 14.3. The van der Waals surface area contributed by atoms with Gasteiger partial charge in [-0.15, -0.1) is 0 Å². The molecule has 0 aliphatic heterocycles. The molecule has 1 spiro atoms. The third-order valence-electron chi connectivity index (χ3n) is 11.4. The number of nitrogens with zero attached hydrogens (tertiary/aromatic N) is 1. The highest BCUT2D eigenvalue weighted by Crippen LogP contribution is 2.64. The van der Waals surface area contributed by atoms with Gasteiger partial charge in [-0.25, -0.2) is 0 Å². The Morgan fingerprint density at radius 1 is 0.306 bits per heavy atom. The van der Waals surface area contributed by atoms with Crippen molar-refractivity contribution in [2.24, 2.45) is 0 Å². The molecule has 1 heterocycles. The topological polar surface area (TPSA) is 4.93 Å². The number of hydrogen-bond donors (Lipinski definition) is 0. The zero-order valence-corrected chi connectivity index (χ0v) is 30.9. The molecule has 0 atom stereocenters. The fraction of sp³-hybridized carbons (Fsp3) is 0.0164. The number of fused-ring (bicyclic) bond motifs is 19. The summed E-state index contributed by atoms with van der Waals surface area (Å²) in [5, 5.41) is -5.56. The summed E-state index contributed by atoms with van der Waals surface area (Å²) in [5.41, 5.74) is -16.2. The molecular formula is C61H37N. The quantitative estimate of drug-likeness (QED) is 0.157. The molecule has 62 heavy (non-hydrogen) atoms. The minimum absolute atomic E-state index is 0.552. The summed E-state index contributed by atoms with van der Waals surface area (Å²) < 4.78 is 349. The van der Waals surface area contributed by atoms with Crippen molar-refractivity contribution in [3.05, 3.63) is 246 Å². The molecule has 0 N–H and O–H groups in total. The molecule has 1 heteroatoms. The van der Waals surface area contributed by atoms with Crippen molar-refractivity contribution in [1.82, 2.24) is 4.57 Å². The molecule has 0 radical (unpaired) electrons. The summed E-state index contributed by atoms with van der Waals surface area (Å²) in [4.78, 5) is 0. The summed E-state index contributed by atoms with van der Waals surface area (Å²) in [5.74, 6) is 0. The summed E-state index contributed by atoms with van der Waals surface area (Å²) in [7, 11) is 0. The van der Waals surface area contributed by atoms with Crippen molar-refractivity contribution in [2.45, 2.75) is 5.41 Å². The van der Waals surface area contributed by atoms with E-state index in [4.69, 9.17) is 21.9 Å². The second kappa shape index (κ2) is 12.5. The van der Waals surface area contributed by atoms with Gasteiger partial charge < -0.3 is 4.57 Å². The molecule has 2 aliphatic carbocycles. The third-order valence-corrected chi connectivity index (χ3v) is 11.4. The van der Waals surface area contributed by atoms with Crippen LogP contribution in [0.5, 0.6) is 0 Å². The fourth-order valence-electron chi connectivity index (χ4n) is 9.09. The summed E-state index contributed by atoms with van der Waals surface area (Å²) >= 11 is 0. The van der Waals surface area contributed by atoms with E-state index in [1.165, 1.54) is 0 Å². The van der Waals surface area contributed by atoms with Gasteiger partial charge in [-0.05, 0) is 129 Å². The minimum atomic E-state index is -3.09. The Morgan fingerprint density at radius 2 is 0.742 bits per heavy atom. The van der Waals surface area contributed by atoms with Crippen molar-refractivity contribution in [3.63, 3.8) is 0 Å². The first-order chi connectivity index (χ1) is 46.2. The normalized spacial score (nSPS) is 21.6. The molecule has 0 unspecified atom stereocenters. The van der Waals surface area contributed by atoms with Gasteiger partial charge in [-0.3, -0.25) is 0 Å². The zero-order chi connectivity index (χ0) is 72.7. The highest BCUT2D eigenvalue weighted by Gasteiger charge is 2.52. The van der Waals surface area contributed by atoms with Gasteiger partial charge in [0, 0.05) is 16.5 Å². The van der Waals surface area contributed by atoms with Crippen LogP contribution in [0.25, 0.3) is 104 Å². The Labute approximate surface area is 411 Å². The van der Waals surface area contributed by atoms with E-state index in [0.29, 0.717) is 4.57 Å². The van der Waals surface area contributed by atoms with Gasteiger partial charge in [0.05, 0.1) is 67.2 Å². The lowest BCUT2D eigenvalue weighted by Crippen LogP contribution is -2.26. The van der Waals surface area contributed by atoms with Crippen LogP contribution < -0.4 is 0 Å². The van der Waals surface area contributed by atoms with Gasteiger partial charge in [0.25, 0.3) is 0 Å². The Balaban J connectivity index is 1.28. The number of para-hydroxylation sites is 1. The molecule has 0 bridgehead atoms. The van der Waals surface area contributed by atoms with Crippen molar-refractivity contribution in [1.29, 1.82) is 0 Å². The van der Waals surface area contributed by atoms with Crippen LogP contribution in [0.2, 0.25) is 0 Å². The Kier molecular flexibility index (Phi) is 2.83. The molecule has 11 aromatic carbocycles. The van der Waals surface area contributed by atoms with E-state index in [2.05, 4.69) is 0 Å². The molecule has 1 nitrogen and oxygen atoms in total. The molecule has 2 aliphatic rings. The highest BCUT2D eigenvalue weighted by molar-refractivity contribution is 6.26. The van der Waals surface area contributed by atoms with Crippen LogP contribution in [0.1, 0.15) is 73.0 Å². The van der Waals surface area contributed by atoms with E-state index >= 15 is 0 Å². The average molecular weight is 821 g/mol. The van der Waals surface area contributed by atoms with Crippen LogP contribution in [0.15, 0.2) is 224 Å². The number of aromatic nitrogens is 1. The summed E-state index contributed by atoms with van der Waals surface area (Å²) in [6.07, 6.45) is 0. The van der Waals surface area contributed by atoms with Gasteiger partial charge in [-0.2, -0.15) is 0 Å². The first kappa shape index (κ1) is 14.0. The zero-order valence-electron chi connectivity index (χ0n) is 67.9. The maximum atomic E-state index is 10.5. The molecule has 286 valence electrons. The Bertz CT molecular complexity index is 5890. The number of benzene rings is 11. The second-order valence-electron chi connectivity index (χ2n) is 14.3. The Hall–Kier alpha value is -8.00. The van der Waals surface area contributed by atoms with Crippen molar-refractivity contribution in [3.8, 4) is 50.2 Å². The van der Waals surface area contributed by atoms with Crippen LogP contribution in [-0.2, 0) is 5.41 Å². The van der Waals surface area contributed by atoms with Crippen molar-refractivity contribution < 1.29 is 50.7 Å². The summed E-state index contributed by atoms with van der Waals surface area (Å²) in [6.45, 7) is 0. The minimum Gasteiger partial charge on any atom is -0.309 e. The molecule has 12 aromatic rings. The van der Waals surface area contributed by atoms with Gasteiger partial charge in [0.15, 0.2) is 0 Å². The van der Waals surface area contributed by atoms with Crippen LogP contribution in [0, 0.1) is 0 Å². The Morgan fingerprint density at radius 3 is 1.37 bits per heavy atom. The van der Waals surface area contributed by atoms with E-state index in [0.717, 1.165) is 0 Å². The largest absolute Gasteiger partial charge is 0.309 e. The molecular weight excluding hydrogens is 747 g/mol. The van der Waals surface area contributed by atoms with E-state index in [1.807, 2.05) is 0 Å². The number of rotatable bonds is 3. The van der Waals surface area contributed by atoms with Gasteiger partial charge in [0.1, 0.15) is 0 Å². The monoisotopic (exact) mass is 821 g/mol. The van der Waals surface area contributed by atoms with E-state index in [-0.39, 0.29) is 0 Å². The maximum absolute atomic E-state index is 10.5. The lowest BCUT2D eigenvalue weighted by Gasteiger charge is -2.32. The predicted molar refractivity (Wildman–Crippen MR) is 260 cm³/mol. The van der Waals surface area contributed by atoms with E-state index in [9.17, 15) is 28.8 Å². The van der Waals surface area contributed by atoms with Crippen LogP contribution in [0.4, 0.5) is 0 Å². The molecule has 1 aromatic heterocycles. The highest BCUT2D eigenvalue weighted by atomic mass is 15.0. The average Bonchev–Trinajstić information content (AvgIpc) is 1.48. The SMILES string of the molecule is [2H]c1c([2H])c([2H])c(-n2c3c([2H])c(-c4c([2H])c([2H])c5c6c([2H])c([2H])c([2H])c([2H])c6c6c([2H])c([2H])c([2H])c([2H])c6c5c4[2H])c([2H])c([2H])c3c3c(-c4c([2H])c([2H])c([2H])c5c4C4(c6c([2H])c([2H])c([2H])c([2H])c6-c6c([2H])c([2H])c([2H])c([2H])c64)c4c([2H])c([2H])c([2H])c([2H])c4-5)c([2H])c([2H])c([2H])c32)c([2H])c1[2H]. The fourth-order valence-corrected chi connectivity index (χ4v) is 9.09. The third kappa shape index (κ3) is 4.32. The van der Waals surface area contributed by atoms with Crippen molar-refractivity contribution in [2.75, 3.05) is 0 Å². The molecule has 14 rings (SSSR count). The van der Waals surface area contributed by atoms with Crippen LogP contribution >= 0.6 is 0 Å². The van der Waals surface area contributed by atoms with Gasteiger partial charge in [-0.1, -0.05) is 193 Å². The number of hydrogen-bond acceptors (Lipinski definition) is 0. The molecule has 0 fully saturated rings. The summed E-state index contributed by atoms with van der Waals surface area (Å²) in [6, 6.07) is -39.2. The standard InChI is InChI=1S/C61H37N/c1-2-16-40(17-3-1)62-57-31-15-25-49(51-27-14-26-50-48-24-10-13-30-56(48)61(60(50)51)54-28-11-8-22-46(54)47-23-9-12-29-55(47)61)59(57)52-35-33-39(37-58(52)62)38-32-34-45-43-20-5-4-18-41(43)42-19-6-7-21-44(42)53(45)36-38/h1-37H/i1D,2D,3D,4D,5D,6D,7D,8D,9D,10D,11D,12D,13D,14D,15D,16D,17D,18D,19D,20D,21D,22D,23D,24D,25D,26D,27D,28D,29D,30D,31D,32D,33D,34D,35D,36D,37D. The lowest BCUT2D eigenvalue weighted by molar-refractivity contribution is 0.796. The van der Waals surface area contributed by atoms with Gasteiger partial charge in [0.2, 0.25) is 0 Å². The first-order valence-corrected chi connectivity index (χ1v) is 18.7. The van der Waals surface area contributed by atoms with Crippen LogP contribution in [0.3, 0.4) is 0 Å². The smallest absolute Gasteiger partial charge is 0.0731 e. The lowest BCUT2D eigenvalue weighted by atomic mass is 9.68. The molecule has 0 saturated heterocycles. The van der Waals surface area contributed by atoms with Crippen LogP contribution in [-0.4, -0.2) is 4.57 Å².